The second-order valence-corrected chi connectivity index (χ2v) is 10.3. The second-order valence-electron chi connectivity index (χ2n) is 10.3. The van der Waals surface area contributed by atoms with Crippen LogP contribution in [0.4, 0.5) is 14.6 Å². The number of amides is 1. The van der Waals surface area contributed by atoms with Crippen LogP contribution in [0.25, 0.3) is 0 Å². The maximum absolute atomic E-state index is 13.8. The summed E-state index contributed by atoms with van der Waals surface area (Å²) in [7, 11) is 0. The van der Waals surface area contributed by atoms with Gasteiger partial charge in [-0.1, -0.05) is 13.0 Å². The fraction of sp³-hybridized carbons (Fsp3) is 0.519. The molecule has 3 aliphatic rings. The number of hydrogen-bond acceptors (Lipinski definition) is 3. The fourth-order valence-corrected chi connectivity index (χ4v) is 7.06. The van der Waals surface area contributed by atoms with Crippen LogP contribution in [0, 0.1) is 34.8 Å². The van der Waals surface area contributed by atoms with E-state index in [0.717, 1.165) is 43.9 Å². The third-order valence-corrected chi connectivity index (χ3v) is 8.51. The zero-order chi connectivity index (χ0) is 23.2. The van der Waals surface area contributed by atoms with E-state index in [2.05, 4.69) is 17.2 Å². The highest BCUT2D eigenvalue weighted by atomic mass is 19.1. The third-order valence-electron chi connectivity index (χ3n) is 8.51. The summed E-state index contributed by atoms with van der Waals surface area (Å²) in [5.74, 6) is 1.41. The Morgan fingerprint density at radius 2 is 2.00 bits per heavy atom. The van der Waals surface area contributed by atoms with Gasteiger partial charge < -0.3 is 5.32 Å². The minimum atomic E-state index is -0.441. The number of pyridine rings is 1. The lowest BCUT2D eigenvalue weighted by Gasteiger charge is -2.50. The molecule has 1 aromatic heterocycles. The highest BCUT2D eigenvalue weighted by Gasteiger charge is 2.58. The van der Waals surface area contributed by atoms with Gasteiger partial charge in [0.05, 0.1) is 6.20 Å². The average molecular weight is 453 g/mol. The van der Waals surface area contributed by atoms with Crippen LogP contribution < -0.4 is 5.32 Å². The average Bonchev–Trinajstić information content (AvgIpc) is 3.05. The lowest BCUT2D eigenvalue weighted by molar-refractivity contribution is -0.129. The number of carbonyl (C=O) groups is 2. The molecule has 3 aliphatic carbocycles. The number of hydrogen-bond donors (Lipinski definition) is 1. The van der Waals surface area contributed by atoms with E-state index in [1.807, 2.05) is 6.07 Å². The van der Waals surface area contributed by atoms with Crippen LogP contribution in [0.15, 0.2) is 36.5 Å². The van der Waals surface area contributed by atoms with E-state index in [1.54, 1.807) is 12.1 Å². The van der Waals surface area contributed by atoms with E-state index in [0.29, 0.717) is 48.6 Å². The van der Waals surface area contributed by atoms with E-state index in [4.69, 9.17) is 0 Å². The largest absolute Gasteiger partial charge is 0.311 e. The van der Waals surface area contributed by atoms with E-state index < -0.39 is 5.82 Å². The normalized spacial score (nSPS) is 30.3. The summed E-state index contributed by atoms with van der Waals surface area (Å²) in [4.78, 5) is 29.3. The highest BCUT2D eigenvalue weighted by Crippen LogP contribution is 2.62. The smallest absolute Gasteiger partial charge is 0.225 e. The Kier molecular flexibility index (Phi) is 5.79. The van der Waals surface area contributed by atoms with E-state index in [9.17, 15) is 18.4 Å². The van der Waals surface area contributed by atoms with Crippen molar-refractivity contribution < 1.29 is 18.4 Å². The number of nitrogens with zero attached hydrogens (tertiary/aromatic N) is 1. The van der Waals surface area contributed by atoms with Crippen molar-refractivity contribution in [1.82, 2.24) is 4.98 Å². The first-order valence-electron chi connectivity index (χ1n) is 12.1. The summed E-state index contributed by atoms with van der Waals surface area (Å²) in [5, 5.41) is 2.71. The van der Waals surface area contributed by atoms with Crippen LogP contribution in [-0.4, -0.2) is 16.7 Å². The SMILES string of the molecule is C[C@]12CCC3c4ccc(F)cc4CCC3C1[C@H](CCCC(=O)Nc1ccc(F)cn1)CC2=O. The number of benzene rings is 1. The Balaban J connectivity index is 1.26. The van der Waals surface area contributed by atoms with Crippen molar-refractivity contribution in [3.63, 3.8) is 0 Å². The Morgan fingerprint density at radius 3 is 2.79 bits per heavy atom. The van der Waals surface area contributed by atoms with Crippen molar-refractivity contribution in [3.8, 4) is 0 Å². The molecule has 0 radical (unpaired) electrons. The van der Waals surface area contributed by atoms with Crippen LogP contribution in [0.1, 0.15) is 68.9 Å². The van der Waals surface area contributed by atoms with Gasteiger partial charge in [-0.2, -0.15) is 0 Å². The first-order chi connectivity index (χ1) is 15.8. The molecule has 0 saturated heterocycles. The second kappa shape index (κ2) is 8.62. The molecule has 2 aromatic rings. The maximum Gasteiger partial charge on any atom is 0.225 e. The van der Waals surface area contributed by atoms with E-state index in [-0.39, 0.29) is 23.1 Å². The van der Waals surface area contributed by atoms with Crippen LogP contribution >= 0.6 is 0 Å². The molecular weight excluding hydrogens is 422 g/mol. The van der Waals surface area contributed by atoms with Gasteiger partial charge in [-0.05, 0) is 97.6 Å². The molecule has 0 bridgehead atoms. The van der Waals surface area contributed by atoms with Crippen molar-refractivity contribution >= 4 is 17.5 Å². The molecule has 2 fully saturated rings. The quantitative estimate of drug-likeness (QED) is 0.622. The molecule has 6 heteroatoms. The molecule has 4 nitrogen and oxygen atoms in total. The lowest BCUT2D eigenvalue weighted by Crippen LogP contribution is -2.44. The Morgan fingerprint density at radius 1 is 1.18 bits per heavy atom. The molecule has 0 aliphatic heterocycles. The van der Waals surface area contributed by atoms with Crippen molar-refractivity contribution in [3.05, 3.63) is 59.3 Å². The first-order valence-corrected chi connectivity index (χ1v) is 12.1. The fourth-order valence-electron chi connectivity index (χ4n) is 7.06. The van der Waals surface area contributed by atoms with Gasteiger partial charge in [-0.15, -0.1) is 0 Å². The lowest BCUT2D eigenvalue weighted by atomic mass is 9.54. The molecule has 1 aromatic carbocycles. The summed E-state index contributed by atoms with van der Waals surface area (Å²) in [6, 6.07) is 7.93. The summed E-state index contributed by atoms with van der Waals surface area (Å²) in [6.07, 6.45) is 7.33. The number of Topliss-reactive ketones (excluding diaryl/α,β-unsaturated/α-hetero) is 1. The Bertz CT molecular complexity index is 1070. The minimum Gasteiger partial charge on any atom is -0.311 e. The van der Waals surface area contributed by atoms with Gasteiger partial charge in [0.2, 0.25) is 5.91 Å². The summed E-state index contributed by atoms with van der Waals surface area (Å²) < 4.78 is 26.8. The zero-order valence-corrected chi connectivity index (χ0v) is 18.9. The molecule has 1 N–H and O–H groups in total. The third kappa shape index (κ3) is 4.09. The van der Waals surface area contributed by atoms with Gasteiger partial charge in [-0.3, -0.25) is 9.59 Å². The number of anilines is 1. The van der Waals surface area contributed by atoms with Gasteiger partial charge in [0.25, 0.3) is 0 Å². The summed E-state index contributed by atoms with van der Waals surface area (Å²) in [5.41, 5.74) is 2.13. The molecule has 33 heavy (non-hydrogen) atoms. The molecule has 3 unspecified atom stereocenters. The number of ketones is 1. The van der Waals surface area contributed by atoms with E-state index in [1.165, 1.54) is 17.7 Å². The monoisotopic (exact) mass is 452 g/mol. The number of halogens is 2. The van der Waals surface area contributed by atoms with Gasteiger partial charge in [-0.25, -0.2) is 13.8 Å². The number of nitrogens with one attached hydrogen (secondary N) is 1. The van der Waals surface area contributed by atoms with Crippen molar-refractivity contribution in [1.29, 1.82) is 0 Å². The minimum absolute atomic E-state index is 0.142. The summed E-state index contributed by atoms with van der Waals surface area (Å²) in [6.45, 7) is 2.16. The maximum atomic E-state index is 13.8. The van der Waals surface area contributed by atoms with E-state index >= 15 is 0 Å². The number of fused-ring (bicyclic) bond motifs is 5. The standard InChI is InChI=1S/C27H30F2N2O2/c1-27-12-11-21-20-9-6-18(28)13-16(20)5-8-22(21)26(27)17(14-23(27)32)3-2-4-25(33)31-24-10-7-19(29)15-30-24/h6-7,9-10,13,15,17,21-22,26H,2-5,8,11-12,14H2,1H3,(H,30,31,33)/t17-,21?,22?,26?,27-/m1/s1. The van der Waals surface area contributed by atoms with Crippen LogP contribution in [0.2, 0.25) is 0 Å². The molecule has 5 rings (SSSR count). The number of aromatic nitrogens is 1. The molecule has 0 spiro atoms. The topological polar surface area (TPSA) is 59.1 Å². The summed E-state index contributed by atoms with van der Waals surface area (Å²) >= 11 is 0. The van der Waals surface area contributed by atoms with Gasteiger partial charge in [0.1, 0.15) is 23.2 Å². The van der Waals surface area contributed by atoms with Gasteiger partial charge in [0.15, 0.2) is 0 Å². The van der Waals surface area contributed by atoms with Crippen LogP contribution in [0.5, 0.6) is 0 Å². The molecule has 1 amide bonds. The number of carbonyl (C=O) groups excluding carboxylic acids is 2. The Hall–Kier alpha value is -2.63. The predicted octanol–water partition coefficient (Wildman–Crippen LogP) is 5.82. The molecule has 1 heterocycles. The van der Waals surface area contributed by atoms with Gasteiger partial charge >= 0.3 is 0 Å². The molecule has 5 atom stereocenters. The number of rotatable bonds is 5. The molecular formula is C27H30F2N2O2. The van der Waals surface area contributed by atoms with Crippen molar-refractivity contribution in [2.24, 2.45) is 23.2 Å². The molecule has 174 valence electrons. The first kappa shape index (κ1) is 22.2. The van der Waals surface area contributed by atoms with Crippen LogP contribution in [-0.2, 0) is 16.0 Å². The van der Waals surface area contributed by atoms with Gasteiger partial charge in [0, 0.05) is 18.3 Å². The molecule has 2 saturated carbocycles. The van der Waals surface area contributed by atoms with Crippen molar-refractivity contribution in [2.75, 3.05) is 5.32 Å². The van der Waals surface area contributed by atoms with Crippen LogP contribution in [0.3, 0.4) is 0 Å². The van der Waals surface area contributed by atoms with Crippen molar-refractivity contribution in [2.45, 2.75) is 64.2 Å². The Labute approximate surface area is 193 Å². The predicted molar refractivity (Wildman–Crippen MR) is 122 cm³/mol. The highest BCUT2D eigenvalue weighted by molar-refractivity contribution is 5.89. The number of aryl methyl sites for hydroxylation is 1. The zero-order valence-electron chi connectivity index (χ0n) is 18.9.